The molecular weight excluding hydrogens is 291 g/mol. The fraction of sp³-hybridized carbons (Fsp3) is 0.533. The van der Waals surface area contributed by atoms with Gasteiger partial charge in [0.1, 0.15) is 17.5 Å². The molecule has 2 atom stereocenters. The molecule has 0 aliphatic heterocycles. The fourth-order valence-electron chi connectivity index (χ4n) is 1.82. The van der Waals surface area contributed by atoms with E-state index < -0.39 is 29.7 Å². The highest BCUT2D eigenvalue weighted by molar-refractivity contribution is 5.67. The maximum atomic E-state index is 13.2. The number of ether oxygens (including phenoxy) is 1. The van der Waals surface area contributed by atoms with Crippen molar-refractivity contribution in [3.63, 3.8) is 0 Å². The Kier molecular flexibility index (Phi) is 6.13. The lowest BCUT2D eigenvalue weighted by atomic mass is 10.0. The van der Waals surface area contributed by atoms with Gasteiger partial charge in [-0.2, -0.15) is 0 Å². The maximum absolute atomic E-state index is 13.2. The van der Waals surface area contributed by atoms with Crippen LogP contribution >= 0.6 is 0 Å². The van der Waals surface area contributed by atoms with Crippen molar-refractivity contribution >= 4 is 11.8 Å². The predicted octanol–water partition coefficient (Wildman–Crippen LogP) is 1.72. The molecule has 0 heterocycles. The molecule has 22 heavy (non-hydrogen) atoms. The van der Waals surface area contributed by atoms with Crippen LogP contribution in [0.2, 0.25) is 0 Å². The van der Waals surface area contributed by atoms with Gasteiger partial charge in [0.2, 0.25) is 0 Å². The van der Waals surface area contributed by atoms with E-state index in [4.69, 9.17) is 10.5 Å². The number of anilines is 1. The second kappa shape index (κ2) is 7.42. The Bertz CT molecular complexity index is 497. The lowest BCUT2D eigenvalue weighted by Gasteiger charge is -2.21. The first-order valence-corrected chi connectivity index (χ1v) is 6.97. The second-order valence-corrected chi connectivity index (χ2v) is 6.05. The highest BCUT2D eigenvalue weighted by atomic mass is 19.1. The van der Waals surface area contributed by atoms with Crippen molar-refractivity contribution in [1.29, 1.82) is 0 Å². The molecule has 7 heteroatoms. The lowest BCUT2D eigenvalue weighted by Crippen LogP contribution is -2.34. The molecule has 1 aromatic rings. The summed E-state index contributed by atoms with van der Waals surface area (Å²) in [5.74, 6) is -0.590. The quantitative estimate of drug-likeness (QED) is 0.619. The van der Waals surface area contributed by atoms with Gasteiger partial charge in [-0.15, -0.1) is 0 Å². The van der Waals surface area contributed by atoms with E-state index in [9.17, 15) is 19.4 Å². The number of nitrogens with two attached hydrogens (primary N) is 1. The number of hydrogen-bond acceptors (Lipinski definition) is 5. The van der Waals surface area contributed by atoms with Gasteiger partial charge in [-0.3, -0.25) is 0 Å². The van der Waals surface area contributed by atoms with Crippen molar-refractivity contribution in [2.75, 3.05) is 12.3 Å². The van der Waals surface area contributed by atoms with Crippen LogP contribution in [0.1, 0.15) is 38.9 Å². The van der Waals surface area contributed by atoms with Crippen molar-refractivity contribution in [2.45, 2.75) is 45.0 Å². The minimum absolute atomic E-state index is 0.0802. The zero-order chi connectivity index (χ0) is 16.9. The van der Waals surface area contributed by atoms with Crippen molar-refractivity contribution < 1.29 is 24.1 Å². The minimum Gasteiger partial charge on any atom is -0.444 e. The first kappa shape index (κ1) is 18.2. The number of hydrogen-bond donors (Lipinski definition) is 4. The Morgan fingerprint density at radius 3 is 2.55 bits per heavy atom. The van der Waals surface area contributed by atoms with Crippen LogP contribution in [0.4, 0.5) is 14.9 Å². The number of benzene rings is 1. The van der Waals surface area contributed by atoms with Gasteiger partial charge in [0, 0.05) is 12.2 Å². The van der Waals surface area contributed by atoms with E-state index in [1.807, 2.05) is 0 Å². The van der Waals surface area contributed by atoms with Crippen LogP contribution in [-0.4, -0.2) is 34.6 Å². The van der Waals surface area contributed by atoms with Crippen LogP contribution in [0.3, 0.4) is 0 Å². The van der Waals surface area contributed by atoms with Crippen LogP contribution in [0.15, 0.2) is 18.2 Å². The summed E-state index contributed by atoms with van der Waals surface area (Å²) < 4.78 is 18.3. The largest absolute Gasteiger partial charge is 0.444 e. The molecule has 0 aliphatic rings. The Labute approximate surface area is 129 Å². The van der Waals surface area contributed by atoms with Gasteiger partial charge in [0.05, 0.1) is 6.10 Å². The van der Waals surface area contributed by atoms with E-state index >= 15 is 0 Å². The van der Waals surface area contributed by atoms with Crippen molar-refractivity contribution in [3.05, 3.63) is 29.6 Å². The Morgan fingerprint density at radius 1 is 1.36 bits per heavy atom. The molecule has 1 rings (SSSR count). The molecule has 0 saturated carbocycles. The van der Waals surface area contributed by atoms with E-state index in [-0.39, 0.29) is 24.2 Å². The van der Waals surface area contributed by atoms with Crippen LogP contribution in [0.25, 0.3) is 0 Å². The Morgan fingerprint density at radius 2 is 2.00 bits per heavy atom. The summed E-state index contributed by atoms with van der Waals surface area (Å²) >= 11 is 0. The number of aliphatic hydroxyl groups is 2. The van der Waals surface area contributed by atoms with Crippen LogP contribution in [0.5, 0.6) is 0 Å². The molecule has 0 fully saturated rings. The van der Waals surface area contributed by atoms with E-state index in [1.54, 1.807) is 20.8 Å². The van der Waals surface area contributed by atoms with E-state index in [2.05, 4.69) is 5.32 Å². The Hall–Kier alpha value is -1.86. The highest BCUT2D eigenvalue weighted by Gasteiger charge is 2.20. The van der Waals surface area contributed by atoms with Crippen molar-refractivity contribution in [2.24, 2.45) is 0 Å². The molecule has 0 aliphatic carbocycles. The van der Waals surface area contributed by atoms with Crippen LogP contribution < -0.4 is 11.1 Å². The van der Waals surface area contributed by atoms with Crippen LogP contribution in [-0.2, 0) is 4.74 Å². The van der Waals surface area contributed by atoms with E-state index in [0.717, 1.165) is 12.1 Å². The molecule has 5 N–H and O–H groups in total. The standard InChI is InChI=1S/C15H23FN2O4/c1-15(2,3)22-14(21)18-5-4-12(19)13(20)9-6-10(16)8-11(17)7-9/h6-8,12-13,19-20H,4-5,17H2,1-3H3,(H,18,21). The van der Waals surface area contributed by atoms with E-state index in [1.165, 1.54) is 6.07 Å². The number of nitrogens with one attached hydrogen (secondary N) is 1. The zero-order valence-electron chi connectivity index (χ0n) is 13.0. The molecule has 124 valence electrons. The lowest BCUT2D eigenvalue weighted by molar-refractivity contribution is 0.0122. The summed E-state index contributed by atoms with van der Waals surface area (Å²) in [6, 6.07) is 3.61. The summed E-state index contributed by atoms with van der Waals surface area (Å²) in [5, 5.41) is 22.3. The number of halogens is 1. The minimum atomic E-state index is -1.29. The number of carbonyl (C=O) groups is 1. The summed E-state index contributed by atoms with van der Waals surface area (Å²) in [5.41, 5.74) is 5.22. The molecule has 0 spiro atoms. The molecule has 0 bridgehead atoms. The van der Waals surface area contributed by atoms with Gasteiger partial charge in [-0.05, 0) is 51.0 Å². The molecule has 0 aromatic heterocycles. The highest BCUT2D eigenvalue weighted by Crippen LogP contribution is 2.22. The number of alkyl carbamates (subject to hydrolysis) is 1. The molecule has 0 radical (unpaired) electrons. The van der Waals surface area contributed by atoms with E-state index in [0.29, 0.717) is 0 Å². The molecule has 1 amide bonds. The Balaban J connectivity index is 2.48. The number of carbonyl (C=O) groups excluding carboxylic acids is 1. The summed E-state index contributed by atoms with van der Waals surface area (Å²) in [7, 11) is 0. The molecule has 1 aromatic carbocycles. The number of rotatable bonds is 5. The van der Waals surface area contributed by atoms with Gasteiger partial charge in [-0.1, -0.05) is 0 Å². The van der Waals surface area contributed by atoms with Gasteiger partial charge < -0.3 is 26.0 Å². The van der Waals surface area contributed by atoms with Crippen molar-refractivity contribution in [3.8, 4) is 0 Å². The molecule has 2 unspecified atom stereocenters. The first-order chi connectivity index (χ1) is 10.1. The third-order valence-electron chi connectivity index (χ3n) is 2.76. The third kappa shape index (κ3) is 6.28. The second-order valence-electron chi connectivity index (χ2n) is 6.05. The monoisotopic (exact) mass is 314 g/mol. The van der Waals surface area contributed by atoms with Gasteiger partial charge in [0.25, 0.3) is 0 Å². The molecule has 0 saturated heterocycles. The smallest absolute Gasteiger partial charge is 0.407 e. The summed E-state index contributed by atoms with van der Waals surface area (Å²) in [4.78, 5) is 11.4. The maximum Gasteiger partial charge on any atom is 0.407 e. The molecular formula is C15H23FN2O4. The number of aliphatic hydroxyl groups excluding tert-OH is 2. The number of amides is 1. The fourth-order valence-corrected chi connectivity index (χ4v) is 1.82. The molecule has 6 nitrogen and oxygen atoms in total. The predicted molar refractivity (Wildman–Crippen MR) is 80.6 cm³/mol. The average Bonchev–Trinajstić information content (AvgIpc) is 2.34. The van der Waals surface area contributed by atoms with Gasteiger partial charge >= 0.3 is 6.09 Å². The third-order valence-corrected chi connectivity index (χ3v) is 2.76. The summed E-state index contributed by atoms with van der Waals surface area (Å²) in [6.07, 6.45) is -2.99. The zero-order valence-corrected chi connectivity index (χ0v) is 13.0. The SMILES string of the molecule is CC(C)(C)OC(=O)NCCC(O)C(O)c1cc(N)cc(F)c1. The van der Waals surface area contributed by atoms with Gasteiger partial charge in [0.15, 0.2) is 0 Å². The number of nitrogen functional groups attached to an aromatic ring is 1. The van der Waals surface area contributed by atoms with Crippen molar-refractivity contribution in [1.82, 2.24) is 5.32 Å². The van der Waals surface area contributed by atoms with Gasteiger partial charge in [-0.25, -0.2) is 9.18 Å². The average molecular weight is 314 g/mol. The summed E-state index contributed by atoms with van der Waals surface area (Å²) in [6.45, 7) is 5.32. The van der Waals surface area contributed by atoms with Crippen LogP contribution in [0, 0.1) is 5.82 Å². The normalized spacial score (nSPS) is 14.3. The first-order valence-electron chi connectivity index (χ1n) is 6.97. The topological polar surface area (TPSA) is 105 Å².